The van der Waals surface area contributed by atoms with Gasteiger partial charge in [-0.2, -0.15) is 0 Å². The highest BCUT2D eigenvalue weighted by molar-refractivity contribution is 5.85. The van der Waals surface area contributed by atoms with Crippen LogP contribution in [-0.4, -0.2) is 31.3 Å². The molecule has 0 aliphatic carbocycles. The van der Waals surface area contributed by atoms with Crippen molar-refractivity contribution in [3.63, 3.8) is 0 Å². The molecule has 0 heterocycles. The molecule has 0 saturated heterocycles. The number of hydrogen-bond donors (Lipinski definition) is 0. The zero-order valence-electron chi connectivity index (χ0n) is 7.76. The Morgan fingerprint density at radius 2 is 1.91 bits per heavy atom. The van der Waals surface area contributed by atoms with Crippen molar-refractivity contribution in [2.45, 2.75) is 20.3 Å². The molecule has 0 spiro atoms. The normalized spacial score (nSPS) is 12.5. The molecule has 0 saturated carbocycles. The maximum Gasteiger partial charge on any atom is 0.136 e. The van der Waals surface area contributed by atoms with Gasteiger partial charge < -0.3 is 4.90 Å². The molecule has 1 atom stereocenters. The molecular formula is C8H18ClNO. The van der Waals surface area contributed by atoms with Crippen molar-refractivity contribution in [1.29, 1.82) is 0 Å². The predicted molar refractivity (Wildman–Crippen MR) is 50.3 cm³/mol. The molecule has 3 heteroatoms. The van der Waals surface area contributed by atoms with Crippen LogP contribution in [0.2, 0.25) is 0 Å². The summed E-state index contributed by atoms with van der Waals surface area (Å²) in [5, 5.41) is 0. The van der Waals surface area contributed by atoms with Gasteiger partial charge in [0.1, 0.15) is 5.78 Å². The maximum atomic E-state index is 11.0. The highest BCUT2D eigenvalue weighted by atomic mass is 35.5. The number of carbonyl (C=O) groups excluding carboxylic acids is 1. The first-order valence-corrected chi connectivity index (χ1v) is 3.75. The van der Waals surface area contributed by atoms with Crippen molar-refractivity contribution in [2.75, 3.05) is 20.6 Å². The molecule has 0 bridgehead atoms. The van der Waals surface area contributed by atoms with Gasteiger partial charge in [-0.3, -0.25) is 4.79 Å². The molecule has 0 amide bonds. The third kappa shape index (κ3) is 6.32. The summed E-state index contributed by atoms with van der Waals surface area (Å²) in [6.45, 7) is 4.76. The number of carbonyl (C=O) groups is 1. The molecule has 2 nitrogen and oxygen atoms in total. The quantitative estimate of drug-likeness (QED) is 0.654. The van der Waals surface area contributed by atoms with E-state index in [2.05, 4.69) is 0 Å². The second kappa shape index (κ2) is 6.62. The summed E-state index contributed by atoms with van der Waals surface area (Å²) in [4.78, 5) is 13.1. The van der Waals surface area contributed by atoms with E-state index in [9.17, 15) is 4.79 Å². The number of Topliss-reactive ketones (excluding diaryl/α,β-unsaturated/α-hetero) is 1. The lowest BCUT2D eigenvalue weighted by molar-refractivity contribution is -0.122. The second-order valence-corrected chi connectivity index (χ2v) is 2.98. The molecule has 0 radical (unpaired) electrons. The van der Waals surface area contributed by atoms with Gasteiger partial charge in [-0.15, -0.1) is 12.4 Å². The average molecular weight is 180 g/mol. The first-order chi connectivity index (χ1) is 4.57. The fourth-order valence-electron chi connectivity index (χ4n) is 0.998. The molecule has 0 aromatic heterocycles. The van der Waals surface area contributed by atoms with Crippen molar-refractivity contribution >= 4 is 18.2 Å². The van der Waals surface area contributed by atoms with E-state index >= 15 is 0 Å². The van der Waals surface area contributed by atoms with Crippen LogP contribution in [0.1, 0.15) is 20.3 Å². The van der Waals surface area contributed by atoms with Crippen molar-refractivity contribution in [3.05, 3.63) is 0 Å². The Morgan fingerprint density at radius 1 is 1.45 bits per heavy atom. The molecule has 0 aromatic carbocycles. The van der Waals surface area contributed by atoms with Gasteiger partial charge in [0.05, 0.1) is 0 Å². The van der Waals surface area contributed by atoms with Crippen molar-refractivity contribution in [3.8, 4) is 0 Å². The van der Waals surface area contributed by atoms with E-state index in [0.29, 0.717) is 12.2 Å². The first kappa shape index (κ1) is 13.5. The smallest absolute Gasteiger partial charge is 0.136 e. The van der Waals surface area contributed by atoms with Crippen LogP contribution in [0.4, 0.5) is 0 Å². The maximum absolute atomic E-state index is 11.0. The lowest BCUT2D eigenvalue weighted by Gasteiger charge is -2.14. The molecule has 1 unspecified atom stereocenters. The summed E-state index contributed by atoms with van der Waals surface area (Å²) >= 11 is 0. The van der Waals surface area contributed by atoms with Crippen LogP contribution >= 0.6 is 12.4 Å². The third-order valence-electron chi connectivity index (χ3n) is 1.54. The molecule has 0 aliphatic rings. The largest absolute Gasteiger partial charge is 0.309 e. The van der Waals surface area contributed by atoms with Crippen LogP contribution in [0.25, 0.3) is 0 Å². The molecule has 68 valence electrons. The van der Waals surface area contributed by atoms with E-state index in [1.807, 2.05) is 32.8 Å². The zero-order chi connectivity index (χ0) is 8.15. The van der Waals surface area contributed by atoms with Gasteiger partial charge in [0.25, 0.3) is 0 Å². The average Bonchev–Trinajstić information content (AvgIpc) is 1.85. The van der Waals surface area contributed by atoms with Crippen molar-refractivity contribution in [1.82, 2.24) is 4.90 Å². The minimum Gasteiger partial charge on any atom is -0.309 e. The predicted octanol–water partition coefficient (Wildman–Crippen LogP) is 1.58. The van der Waals surface area contributed by atoms with Crippen LogP contribution in [0.3, 0.4) is 0 Å². The molecule has 0 aliphatic heterocycles. The Hall–Kier alpha value is -0.0800. The van der Waals surface area contributed by atoms with E-state index < -0.39 is 0 Å². The topological polar surface area (TPSA) is 20.3 Å². The first-order valence-electron chi connectivity index (χ1n) is 3.75. The summed E-state index contributed by atoms with van der Waals surface area (Å²) in [6, 6.07) is 0. The summed E-state index contributed by atoms with van der Waals surface area (Å²) < 4.78 is 0. The lowest BCUT2D eigenvalue weighted by Crippen LogP contribution is -2.25. The van der Waals surface area contributed by atoms with Crippen molar-refractivity contribution < 1.29 is 4.79 Å². The molecule has 0 aromatic rings. The van der Waals surface area contributed by atoms with E-state index in [0.717, 1.165) is 6.54 Å². The Kier molecular flexibility index (Phi) is 8.13. The lowest BCUT2D eigenvalue weighted by atomic mass is 10.0. The Bertz CT molecular complexity index is 115. The highest BCUT2D eigenvalue weighted by Gasteiger charge is 2.10. The summed E-state index contributed by atoms with van der Waals surface area (Å²) in [5.41, 5.74) is 0. The SMILES string of the molecule is CCC(=O)C(C)CN(C)C.Cl. The minimum absolute atomic E-state index is 0. The summed E-state index contributed by atoms with van der Waals surface area (Å²) in [5.74, 6) is 0.550. The number of nitrogens with zero attached hydrogens (tertiary/aromatic N) is 1. The Balaban J connectivity index is 0. The van der Waals surface area contributed by atoms with Gasteiger partial charge in [-0.25, -0.2) is 0 Å². The van der Waals surface area contributed by atoms with Crippen LogP contribution in [0.5, 0.6) is 0 Å². The molecular weight excluding hydrogens is 162 g/mol. The number of rotatable bonds is 4. The zero-order valence-corrected chi connectivity index (χ0v) is 8.57. The third-order valence-corrected chi connectivity index (χ3v) is 1.54. The highest BCUT2D eigenvalue weighted by Crippen LogP contribution is 2.00. The number of ketones is 1. The number of halogens is 1. The van der Waals surface area contributed by atoms with Crippen LogP contribution in [-0.2, 0) is 4.79 Å². The van der Waals surface area contributed by atoms with Gasteiger partial charge in [0, 0.05) is 18.9 Å². The Labute approximate surface area is 75.4 Å². The summed E-state index contributed by atoms with van der Waals surface area (Å²) in [7, 11) is 3.97. The fraction of sp³-hybridized carbons (Fsp3) is 0.875. The molecule has 0 N–H and O–H groups in total. The van der Waals surface area contributed by atoms with Gasteiger partial charge in [0.2, 0.25) is 0 Å². The van der Waals surface area contributed by atoms with Crippen LogP contribution in [0, 0.1) is 5.92 Å². The standard InChI is InChI=1S/C8H17NO.ClH/c1-5-8(10)7(2)6-9(3)4;/h7H,5-6H2,1-4H3;1H. The minimum atomic E-state index is 0. The van der Waals surface area contributed by atoms with E-state index in [1.54, 1.807) is 0 Å². The number of hydrogen-bond acceptors (Lipinski definition) is 2. The molecule has 11 heavy (non-hydrogen) atoms. The van der Waals surface area contributed by atoms with Gasteiger partial charge in [-0.1, -0.05) is 13.8 Å². The van der Waals surface area contributed by atoms with Crippen LogP contribution < -0.4 is 0 Å². The molecule has 0 rings (SSSR count). The van der Waals surface area contributed by atoms with Gasteiger partial charge in [0.15, 0.2) is 0 Å². The van der Waals surface area contributed by atoms with E-state index in [4.69, 9.17) is 0 Å². The van der Waals surface area contributed by atoms with Crippen LogP contribution in [0.15, 0.2) is 0 Å². The van der Waals surface area contributed by atoms with E-state index in [-0.39, 0.29) is 18.3 Å². The second-order valence-electron chi connectivity index (χ2n) is 2.98. The molecule has 0 fully saturated rings. The fourth-order valence-corrected chi connectivity index (χ4v) is 0.998. The van der Waals surface area contributed by atoms with Gasteiger partial charge in [-0.05, 0) is 14.1 Å². The monoisotopic (exact) mass is 179 g/mol. The van der Waals surface area contributed by atoms with Gasteiger partial charge >= 0.3 is 0 Å². The van der Waals surface area contributed by atoms with E-state index in [1.165, 1.54) is 0 Å². The van der Waals surface area contributed by atoms with Crippen molar-refractivity contribution in [2.24, 2.45) is 5.92 Å². The summed E-state index contributed by atoms with van der Waals surface area (Å²) in [6.07, 6.45) is 0.662. The Morgan fingerprint density at radius 3 is 2.18 bits per heavy atom.